The number of hydrogen-bond donors (Lipinski definition) is 1. The Hall–Kier alpha value is -0.280. The van der Waals surface area contributed by atoms with Gasteiger partial charge in [0.2, 0.25) is 0 Å². The molecule has 2 saturated heterocycles. The van der Waals surface area contributed by atoms with E-state index in [0.29, 0.717) is 16.1 Å². The second-order valence-electron chi connectivity index (χ2n) is 6.65. The highest BCUT2D eigenvalue weighted by atomic mass is 35.5. The van der Waals surface area contributed by atoms with Gasteiger partial charge in [-0.15, -0.1) is 0 Å². The first-order chi connectivity index (χ1) is 9.43. The van der Waals surface area contributed by atoms with Crippen molar-refractivity contribution < 1.29 is 0 Å². The summed E-state index contributed by atoms with van der Waals surface area (Å²) in [5.74, 6) is 1.48. The van der Waals surface area contributed by atoms with Gasteiger partial charge in [0.05, 0.1) is 10.0 Å². The molecule has 3 unspecified atom stereocenters. The van der Waals surface area contributed by atoms with Crippen molar-refractivity contribution in [1.82, 2.24) is 10.2 Å². The van der Waals surface area contributed by atoms with Crippen molar-refractivity contribution in [2.45, 2.75) is 32.4 Å². The van der Waals surface area contributed by atoms with Gasteiger partial charge in [0.25, 0.3) is 0 Å². The molecule has 2 heterocycles. The maximum Gasteiger partial charge on any atom is 0.0640 e. The number of hydrogen-bond acceptors (Lipinski definition) is 2. The summed E-state index contributed by atoms with van der Waals surface area (Å²) in [6, 6.07) is 6.24. The molecule has 1 N–H and O–H groups in total. The molecule has 2 aliphatic rings. The Bertz CT molecular complexity index is 515. The summed E-state index contributed by atoms with van der Waals surface area (Å²) in [5, 5.41) is 4.88. The number of fused-ring (bicyclic) bond motifs is 1. The zero-order valence-electron chi connectivity index (χ0n) is 12.3. The van der Waals surface area contributed by atoms with E-state index in [1.165, 1.54) is 0 Å². The van der Waals surface area contributed by atoms with Gasteiger partial charge < -0.3 is 5.32 Å². The highest BCUT2D eigenvalue weighted by Crippen LogP contribution is 2.46. The number of benzene rings is 1. The second kappa shape index (κ2) is 5.17. The van der Waals surface area contributed by atoms with Crippen LogP contribution in [0, 0.1) is 11.8 Å². The molecule has 2 fully saturated rings. The lowest BCUT2D eigenvalue weighted by Crippen LogP contribution is -2.45. The van der Waals surface area contributed by atoms with Gasteiger partial charge in [-0.2, -0.15) is 0 Å². The fourth-order valence-electron chi connectivity index (χ4n) is 4.12. The van der Waals surface area contributed by atoms with E-state index in [0.717, 1.165) is 37.0 Å². The van der Waals surface area contributed by atoms with E-state index >= 15 is 0 Å². The third-order valence-electron chi connectivity index (χ3n) is 5.32. The maximum atomic E-state index is 6.41. The maximum absolute atomic E-state index is 6.41. The number of rotatable bonds is 2. The van der Waals surface area contributed by atoms with Gasteiger partial charge in [-0.3, -0.25) is 4.90 Å². The van der Waals surface area contributed by atoms with E-state index in [1.807, 2.05) is 12.1 Å². The minimum Gasteiger partial charge on any atom is -0.316 e. The Balaban J connectivity index is 1.91. The van der Waals surface area contributed by atoms with E-state index < -0.39 is 0 Å². The van der Waals surface area contributed by atoms with Crippen LogP contribution in [0.5, 0.6) is 0 Å². The monoisotopic (exact) mass is 312 g/mol. The molecule has 0 aromatic heterocycles. The topological polar surface area (TPSA) is 15.3 Å². The average molecular weight is 313 g/mol. The van der Waals surface area contributed by atoms with Crippen molar-refractivity contribution >= 4 is 23.2 Å². The van der Waals surface area contributed by atoms with Crippen molar-refractivity contribution in [2.24, 2.45) is 11.8 Å². The van der Waals surface area contributed by atoms with Gasteiger partial charge in [0.15, 0.2) is 0 Å². The first kappa shape index (κ1) is 14.6. The average Bonchev–Trinajstić information content (AvgIpc) is 2.95. The van der Waals surface area contributed by atoms with Crippen molar-refractivity contribution in [3.05, 3.63) is 33.8 Å². The number of halogens is 2. The predicted molar refractivity (Wildman–Crippen MR) is 85.5 cm³/mol. The SMILES string of the molecule is CC(c1cccc(Cl)c1Cl)N1CC2CNCC2C1(C)C. The molecule has 0 radical (unpaired) electrons. The third-order valence-corrected chi connectivity index (χ3v) is 6.15. The molecule has 20 heavy (non-hydrogen) atoms. The van der Waals surface area contributed by atoms with Crippen LogP contribution in [0.15, 0.2) is 18.2 Å². The number of likely N-dealkylation sites (tertiary alicyclic amines) is 1. The Morgan fingerprint density at radius 2 is 2.05 bits per heavy atom. The molecule has 1 aromatic rings. The number of nitrogens with zero attached hydrogens (tertiary/aromatic N) is 1. The molecule has 0 amide bonds. The van der Waals surface area contributed by atoms with E-state index in [1.54, 1.807) is 0 Å². The van der Waals surface area contributed by atoms with Crippen molar-refractivity contribution in [2.75, 3.05) is 19.6 Å². The minimum absolute atomic E-state index is 0.194. The van der Waals surface area contributed by atoms with Crippen molar-refractivity contribution in [1.29, 1.82) is 0 Å². The smallest absolute Gasteiger partial charge is 0.0640 e. The molecule has 0 aliphatic carbocycles. The molecule has 2 aliphatic heterocycles. The molecule has 1 aromatic carbocycles. The largest absolute Gasteiger partial charge is 0.316 e. The van der Waals surface area contributed by atoms with Crippen LogP contribution in [-0.2, 0) is 0 Å². The van der Waals surface area contributed by atoms with Crippen molar-refractivity contribution in [3.63, 3.8) is 0 Å². The van der Waals surface area contributed by atoms with Gasteiger partial charge in [-0.1, -0.05) is 35.3 Å². The van der Waals surface area contributed by atoms with Crippen LogP contribution in [0.1, 0.15) is 32.4 Å². The summed E-state index contributed by atoms with van der Waals surface area (Å²) in [5.41, 5.74) is 1.33. The molecule has 3 rings (SSSR count). The highest BCUT2D eigenvalue weighted by molar-refractivity contribution is 6.42. The number of nitrogens with one attached hydrogen (secondary N) is 1. The quantitative estimate of drug-likeness (QED) is 0.888. The lowest BCUT2D eigenvalue weighted by molar-refractivity contribution is 0.0971. The summed E-state index contributed by atoms with van der Waals surface area (Å²) < 4.78 is 0. The zero-order valence-corrected chi connectivity index (χ0v) is 13.8. The van der Waals surface area contributed by atoms with E-state index in [-0.39, 0.29) is 5.54 Å². The molecule has 3 atom stereocenters. The molecular weight excluding hydrogens is 291 g/mol. The van der Waals surface area contributed by atoms with E-state index in [2.05, 4.69) is 37.1 Å². The zero-order chi connectivity index (χ0) is 14.5. The summed E-state index contributed by atoms with van der Waals surface area (Å²) in [4.78, 5) is 2.60. The molecule has 2 nitrogen and oxygen atoms in total. The fourth-order valence-corrected chi connectivity index (χ4v) is 4.59. The van der Waals surface area contributed by atoms with Crippen LogP contribution in [0.4, 0.5) is 0 Å². The molecular formula is C16H22Cl2N2. The predicted octanol–water partition coefficient (Wildman–Crippen LogP) is 3.98. The van der Waals surface area contributed by atoms with Crippen molar-refractivity contribution in [3.8, 4) is 0 Å². The van der Waals surface area contributed by atoms with E-state index in [9.17, 15) is 0 Å². The van der Waals surface area contributed by atoms with Crippen LogP contribution in [0.2, 0.25) is 10.0 Å². The molecule has 0 bridgehead atoms. The van der Waals surface area contributed by atoms with Crippen LogP contribution >= 0.6 is 23.2 Å². The molecule has 110 valence electrons. The lowest BCUT2D eigenvalue weighted by Gasteiger charge is -2.40. The van der Waals surface area contributed by atoms with Crippen LogP contribution < -0.4 is 5.32 Å². The van der Waals surface area contributed by atoms with Gasteiger partial charge in [0.1, 0.15) is 0 Å². The Kier molecular flexibility index (Phi) is 3.79. The Morgan fingerprint density at radius 3 is 2.75 bits per heavy atom. The third kappa shape index (κ3) is 2.18. The molecule has 4 heteroatoms. The first-order valence-electron chi connectivity index (χ1n) is 7.34. The summed E-state index contributed by atoms with van der Waals surface area (Å²) in [6.07, 6.45) is 0. The Morgan fingerprint density at radius 1 is 1.30 bits per heavy atom. The van der Waals surface area contributed by atoms with Crippen LogP contribution in [-0.4, -0.2) is 30.1 Å². The second-order valence-corrected chi connectivity index (χ2v) is 7.44. The van der Waals surface area contributed by atoms with Crippen LogP contribution in [0.25, 0.3) is 0 Å². The minimum atomic E-state index is 0.194. The fraction of sp³-hybridized carbons (Fsp3) is 0.625. The summed E-state index contributed by atoms with van der Waals surface area (Å²) in [7, 11) is 0. The van der Waals surface area contributed by atoms with Gasteiger partial charge in [0, 0.05) is 24.7 Å². The standard InChI is InChI=1S/C16H22Cl2N2/c1-10(12-5-4-6-14(17)15(12)18)20-9-11-7-19-8-13(11)16(20,2)3/h4-6,10-11,13,19H,7-9H2,1-3H3. The normalized spacial score (nSPS) is 30.4. The summed E-state index contributed by atoms with van der Waals surface area (Å²) >= 11 is 12.6. The Labute approximate surface area is 131 Å². The van der Waals surface area contributed by atoms with Crippen LogP contribution in [0.3, 0.4) is 0 Å². The van der Waals surface area contributed by atoms with Gasteiger partial charge in [-0.25, -0.2) is 0 Å². The highest BCUT2D eigenvalue weighted by Gasteiger charge is 2.51. The van der Waals surface area contributed by atoms with E-state index in [4.69, 9.17) is 23.2 Å². The van der Waals surface area contributed by atoms with Gasteiger partial charge >= 0.3 is 0 Å². The summed E-state index contributed by atoms with van der Waals surface area (Å²) in [6.45, 7) is 10.4. The lowest BCUT2D eigenvalue weighted by atomic mass is 9.84. The molecule has 0 saturated carbocycles. The first-order valence-corrected chi connectivity index (χ1v) is 8.10. The molecule has 0 spiro atoms. The van der Waals surface area contributed by atoms with Gasteiger partial charge in [-0.05, 0) is 50.8 Å².